The molecule has 1 heterocycles. The second kappa shape index (κ2) is 8.96. The number of carbonyl (C=O) groups excluding carboxylic acids is 1. The molecule has 0 saturated carbocycles. The smallest absolute Gasteiger partial charge is 0.256 e. The Kier molecular flexibility index (Phi) is 6.68. The van der Waals surface area contributed by atoms with Gasteiger partial charge in [0.2, 0.25) is 5.91 Å². The first-order chi connectivity index (χ1) is 12.1. The van der Waals surface area contributed by atoms with Crippen molar-refractivity contribution < 1.29 is 9.53 Å². The average molecular weight is 338 g/mol. The summed E-state index contributed by atoms with van der Waals surface area (Å²) in [6.45, 7) is 8.21. The number of ether oxygens (including phenoxy) is 1. The molecule has 1 aromatic carbocycles. The van der Waals surface area contributed by atoms with Crippen LogP contribution < -0.4 is 5.01 Å². The fraction of sp³-hybridized carbons (Fsp3) is 0.333. The lowest BCUT2D eigenvalue weighted by Gasteiger charge is -2.22. The first-order valence-corrected chi connectivity index (χ1v) is 8.33. The molecular formula is C18H23BN4O2. The molecule has 25 heavy (non-hydrogen) atoms. The van der Waals surface area contributed by atoms with Crippen molar-refractivity contribution in [1.29, 1.82) is 0 Å². The van der Waals surface area contributed by atoms with Gasteiger partial charge in [-0.3, -0.25) is 4.79 Å². The van der Waals surface area contributed by atoms with Gasteiger partial charge in [0.25, 0.3) is 7.28 Å². The summed E-state index contributed by atoms with van der Waals surface area (Å²) >= 11 is 0. The molecule has 0 radical (unpaired) electrons. The van der Waals surface area contributed by atoms with Crippen LogP contribution in [0.3, 0.4) is 0 Å². The summed E-state index contributed by atoms with van der Waals surface area (Å²) in [6.07, 6.45) is 2.86. The third-order valence-corrected chi connectivity index (χ3v) is 3.72. The Bertz CT molecular complexity index is 741. The topological polar surface area (TPSA) is 66.6 Å². The molecule has 0 aliphatic carbocycles. The number of allylic oxidation sites excluding steroid dienone is 1. The molecule has 6 nitrogen and oxygen atoms in total. The molecule has 130 valence electrons. The van der Waals surface area contributed by atoms with Crippen molar-refractivity contribution >= 4 is 30.2 Å². The van der Waals surface area contributed by atoms with Gasteiger partial charge in [-0.25, -0.2) is 4.99 Å². The summed E-state index contributed by atoms with van der Waals surface area (Å²) in [7, 11) is 2.22. The summed E-state index contributed by atoms with van der Waals surface area (Å²) in [5.74, 6) is 2.49. The van der Waals surface area contributed by atoms with E-state index in [4.69, 9.17) is 4.74 Å². The number of hydrogen-bond acceptors (Lipinski definition) is 5. The highest BCUT2D eigenvalue weighted by molar-refractivity contribution is 6.78. The molecule has 0 spiro atoms. The molecule has 0 aromatic heterocycles. The molecule has 1 aliphatic rings. The van der Waals surface area contributed by atoms with E-state index >= 15 is 0 Å². The van der Waals surface area contributed by atoms with Gasteiger partial charge in [-0.05, 0) is 25.0 Å². The number of carbonyl (C=O) groups is 1. The number of benzene rings is 1. The summed E-state index contributed by atoms with van der Waals surface area (Å²) in [5.41, 5.74) is 3.34. The summed E-state index contributed by atoms with van der Waals surface area (Å²) in [5, 5.41) is 9.19. The molecule has 0 N–H and O–H groups in total. The van der Waals surface area contributed by atoms with Gasteiger partial charge in [0, 0.05) is 18.2 Å². The van der Waals surface area contributed by atoms with E-state index in [-0.39, 0.29) is 12.5 Å². The Morgan fingerprint density at radius 3 is 2.84 bits per heavy atom. The number of amides is 1. The molecule has 0 saturated heterocycles. The van der Waals surface area contributed by atoms with E-state index < -0.39 is 0 Å². The zero-order valence-corrected chi connectivity index (χ0v) is 15.0. The Balaban J connectivity index is 2.41. The predicted octanol–water partition coefficient (Wildman–Crippen LogP) is 3.64. The normalized spacial score (nSPS) is 12.8. The average Bonchev–Trinajstić information content (AvgIpc) is 3.11. The maximum Gasteiger partial charge on any atom is 0.256 e. The zero-order valence-electron chi connectivity index (χ0n) is 15.0. The van der Waals surface area contributed by atoms with Gasteiger partial charge in [0.15, 0.2) is 0 Å². The van der Waals surface area contributed by atoms with E-state index in [9.17, 15) is 4.79 Å². The van der Waals surface area contributed by atoms with E-state index in [1.54, 1.807) is 13.2 Å². The lowest BCUT2D eigenvalue weighted by Crippen LogP contribution is -2.26. The Labute approximate surface area is 149 Å². The minimum atomic E-state index is -0.104. The SMILES string of the molecule is C=C(C)c1cccc(N(/N=N\C)C(=O)CCC)c1COC1=NC=CB1. The molecule has 0 bridgehead atoms. The van der Waals surface area contributed by atoms with Gasteiger partial charge in [0.05, 0.1) is 12.7 Å². The molecule has 0 atom stereocenters. The van der Waals surface area contributed by atoms with Crippen LogP contribution in [0.15, 0.2) is 52.3 Å². The third kappa shape index (κ3) is 4.65. The van der Waals surface area contributed by atoms with E-state index in [0.29, 0.717) is 25.2 Å². The minimum Gasteiger partial charge on any atom is -0.485 e. The first kappa shape index (κ1) is 18.6. The van der Waals surface area contributed by atoms with Crippen LogP contribution in [0, 0.1) is 0 Å². The Morgan fingerprint density at radius 2 is 2.24 bits per heavy atom. The number of rotatable bonds is 7. The van der Waals surface area contributed by atoms with Crippen molar-refractivity contribution in [3.8, 4) is 0 Å². The van der Waals surface area contributed by atoms with Crippen molar-refractivity contribution in [2.45, 2.75) is 33.3 Å². The predicted molar refractivity (Wildman–Crippen MR) is 103 cm³/mol. The van der Waals surface area contributed by atoms with Crippen LogP contribution in [-0.2, 0) is 16.1 Å². The molecule has 0 fully saturated rings. The zero-order chi connectivity index (χ0) is 18.2. The number of aliphatic imine (C=N–C) groups is 1. The highest BCUT2D eigenvalue weighted by atomic mass is 16.5. The molecule has 7 heteroatoms. The van der Waals surface area contributed by atoms with Gasteiger partial charge in [-0.2, -0.15) is 10.1 Å². The quantitative estimate of drug-likeness (QED) is 0.433. The molecule has 1 aromatic rings. The van der Waals surface area contributed by atoms with Gasteiger partial charge in [-0.1, -0.05) is 42.4 Å². The summed E-state index contributed by atoms with van der Waals surface area (Å²) in [4.78, 5) is 16.7. The summed E-state index contributed by atoms with van der Waals surface area (Å²) in [6, 6.07) is 5.70. The molecular weight excluding hydrogens is 315 g/mol. The van der Waals surface area contributed by atoms with Gasteiger partial charge < -0.3 is 4.74 Å². The maximum atomic E-state index is 12.5. The minimum absolute atomic E-state index is 0.104. The second-order valence-corrected chi connectivity index (χ2v) is 5.73. The standard InChI is InChI=1S/C18H23BN4O2/c1-5-7-17(24)23(22-20-4)16-9-6-8-14(13(2)3)15(16)12-25-18-19-10-11-21-18/h6,8-11,19H,2,5,7,12H2,1,3-4H3/b22-20-. The van der Waals surface area contributed by atoms with Gasteiger partial charge in [-0.15, -0.1) is 0 Å². The van der Waals surface area contributed by atoms with E-state index in [2.05, 4.69) is 21.9 Å². The lowest BCUT2D eigenvalue weighted by atomic mass is 9.80. The van der Waals surface area contributed by atoms with E-state index in [0.717, 1.165) is 23.1 Å². The molecule has 1 aliphatic heterocycles. The van der Waals surface area contributed by atoms with Crippen LogP contribution in [0.2, 0.25) is 0 Å². The van der Waals surface area contributed by atoms with E-state index in [1.165, 1.54) is 5.01 Å². The fourth-order valence-corrected chi connectivity index (χ4v) is 2.56. The van der Waals surface area contributed by atoms with Crippen molar-refractivity contribution in [1.82, 2.24) is 0 Å². The van der Waals surface area contributed by atoms with Gasteiger partial charge in [0.1, 0.15) is 12.4 Å². The first-order valence-electron chi connectivity index (χ1n) is 8.33. The largest absolute Gasteiger partial charge is 0.485 e. The van der Waals surface area contributed by atoms with Gasteiger partial charge >= 0.3 is 0 Å². The third-order valence-electron chi connectivity index (χ3n) is 3.72. The Hall–Kier alpha value is -2.70. The van der Waals surface area contributed by atoms with E-state index in [1.807, 2.05) is 38.0 Å². The number of anilines is 1. The van der Waals surface area contributed by atoms with Crippen LogP contribution >= 0.6 is 0 Å². The maximum absolute atomic E-state index is 12.5. The van der Waals surface area contributed by atoms with Crippen molar-refractivity contribution in [3.63, 3.8) is 0 Å². The van der Waals surface area contributed by atoms with Crippen molar-refractivity contribution in [2.24, 2.45) is 15.3 Å². The number of nitrogens with zero attached hydrogens (tertiary/aromatic N) is 4. The van der Waals surface area contributed by atoms with Crippen LogP contribution in [-0.4, -0.2) is 26.0 Å². The fourth-order valence-electron chi connectivity index (χ4n) is 2.56. The number of hydrogen-bond donors (Lipinski definition) is 0. The van der Waals surface area contributed by atoms with Crippen LogP contribution in [0.1, 0.15) is 37.8 Å². The Morgan fingerprint density at radius 1 is 1.44 bits per heavy atom. The van der Waals surface area contributed by atoms with Crippen LogP contribution in [0.4, 0.5) is 5.69 Å². The lowest BCUT2D eigenvalue weighted by molar-refractivity contribution is -0.118. The second-order valence-electron chi connectivity index (χ2n) is 5.73. The van der Waals surface area contributed by atoms with Crippen LogP contribution in [0.5, 0.6) is 0 Å². The highest BCUT2D eigenvalue weighted by Gasteiger charge is 2.21. The summed E-state index contributed by atoms with van der Waals surface area (Å²) < 4.78 is 5.82. The highest BCUT2D eigenvalue weighted by Crippen LogP contribution is 2.30. The monoisotopic (exact) mass is 338 g/mol. The van der Waals surface area contributed by atoms with Crippen molar-refractivity contribution in [2.75, 3.05) is 12.1 Å². The molecule has 0 unspecified atom stereocenters. The van der Waals surface area contributed by atoms with Crippen LogP contribution in [0.25, 0.3) is 5.57 Å². The molecule has 2 rings (SSSR count). The van der Waals surface area contributed by atoms with Crippen molar-refractivity contribution in [3.05, 3.63) is 48.1 Å². The molecule has 1 amide bonds.